The number of pyridine rings is 1. The molecular formula is C16H15N3OS2. The van der Waals surface area contributed by atoms with E-state index in [0.29, 0.717) is 0 Å². The van der Waals surface area contributed by atoms with Crippen LogP contribution >= 0.6 is 23.1 Å². The highest BCUT2D eigenvalue weighted by atomic mass is 32.2. The number of methoxy groups -OCH3 is 1. The Morgan fingerprint density at radius 2 is 2.05 bits per heavy atom. The van der Waals surface area contributed by atoms with Gasteiger partial charge < -0.3 is 10.1 Å². The molecule has 22 heavy (non-hydrogen) atoms. The van der Waals surface area contributed by atoms with Crippen LogP contribution in [0.2, 0.25) is 0 Å². The predicted octanol–water partition coefficient (Wildman–Crippen LogP) is 4.75. The van der Waals surface area contributed by atoms with Crippen molar-refractivity contribution in [3.05, 3.63) is 53.7 Å². The molecule has 0 bridgehead atoms. The molecule has 0 aliphatic rings. The first-order chi connectivity index (χ1) is 10.7. The van der Waals surface area contributed by atoms with Crippen LogP contribution < -0.4 is 10.1 Å². The minimum absolute atomic E-state index is 0.794. The first-order valence-electron chi connectivity index (χ1n) is 6.70. The van der Waals surface area contributed by atoms with E-state index in [-0.39, 0.29) is 0 Å². The molecule has 1 N–H and O–H groups in total. The normalized spacial score (nSPS) is 10.5. The Morgan fingerprint density at radius 3 is 2.82 bits per heavy atom. The molecule has 3 aromatic rings. The third kappa shape index (κ3) is 3.78. The van der Waals surface area contributed by atoms with Gasteiger partial charge in [0.05, 0.1) is 12.8 Å². The topological polar surface area (TPSA) is 47.0 Å². The van der Waals surface area contributed by atoms with Crippen molar-refractivity contribution in [3.63, 3.8) is 0 Å². The number of benzene rings is 1. The first kappa shape index (κ1) is 14.9. The summed E-state index contributed by atoms with van der Waals surface area (Å²) in [6.07, 6.45) is 1.80. The standard InChI is InChI=1S/C16H15N3OS2/c1-11-10-21-16(18-11)19-15-9-14(6-7-17-15)22-13-5-3-4-12(8-13)20-2/h3-10H,1-2H3,(H,17,18,19). The average Bonchev–Trinajstić information content (AvgIpc) is 2.93. The highest BCUT2D eigenvalue weighted by molar-refractivity contribution is 7.99. The molecule has 2 heterocycles. The maximum Gasteiger partial charge on any atom is 0.188 e. The first-order valence-corrected chi connectivity index (χ1v) is 8.40. The van der Waals surface area contributed by atoms with Crippen molar-refractivity contribution in [1.82, 2.24) is 9.97 Å². The Balaban J connectivity index is 1.75. The lowest BCUT2D eigenvalue weighted by atomic mass is 10.3. The van der Waals surface area contributed by atoms with Gasteiger partial charge in [0.25, 0.3) is 0 Å². The number of hydrogen-bond donors (Lipinski definition) is 1. The Morgan fingerprint density at radius 1 is 1.18 bits per heavy atom. The van der Waals surface area contributed by atoms with Gasteiger partial charge in [-0.25, -0.2) is 9.97 Å². The van der Waals surface area contributed by atoms with E-state index in [4.69, 9.17) is 4.74 Å². The lowest BCUT2D eigenvalue weighted by Crippen LogP contribution is -1.92. The predicted molar refractivity (Wildman–Crippen MR) is 91.5 cm³/mol. The molecule has 3 rings (SSSR count). The number of hydrogen-bond acceptors (Lipinski definition) is 6. The number of nitrogens with one attached hydrogen (secondary N) is 1. The molecule has 0 saturated carbocycles. The van der Waals surface area contributed by atoms with Crippen molar-refractivity contribution in [2.45, 2.75) is 16.7 Å². The fourth-order valence-corrected chi connectivity index (χ4v) is 3.45. The Labute approximate surface area is 137 Å². The molecule has 0 fully saturated rings. The van der Waals surface area contributed by atoms with E-state index in [2.05, 4.69) is 21.4 Å². The van der Waals surface area contributed by atoms with Crippen LogP contribution in [0.3, 0.4) is 0 Å². The van der Waals surface area contributed by atoms with Crippen LogP contribution in [0.4, 0.5) is 10.9 Å². The summed E-state index contributed by atoms with van der Waals surface area (Å²) in [6, 6.07) is 12.0. The molecule has 0 radical (unpaired) electrons. The fourth-order valence-electron chi connectivity index (χ4n) is 1.86. The van der Waals surface area contributed by atoms with Crippen molar-refractivity contribution in [1.29, 1.82) is 0 Å². The lowest BCUT2D eigenvalue weighted by molar-refractivity contribution is 0.413. The van der Waals surface area contributed by atoms with Gasteiger partial charge >= 0.3 is 0 Å². The average molecular weight is 329 g/mol. The fraction of sp³-hybridized carbons (Fsp3) is 0.125. The van der Waals surface area contributed by atoms with E-state index < -0.39 is 0 Å². The minimum Gasteiger partial charge on any atom is -0.497 e. The van der Waals surface area contributed by atoms with Crippen LogP contribution in [0, 0.1) is 6.92 Å². The molecule has 6 heteroatoms. The Hall–Kier alpha value is -2.05. The van der Waals surface area contributed by atoms with Crippen molar-refractivity contribution in [2.24, 2.45) is 0 Å². The highest BCUT2D eigenvalue weighted by Gasteiger charge is 2.04. The van der Waals surface area contributed by atoms with Crippen molar-refractivity contribution >= 4 is 34.0 Å². The van der Waals surface area contributed by atoms with Gasteiger partial charge in [-0.05, 0) is 37.3 Å². The molecule has 0 aliphatic heterocycles. The molecule has 0 amide bonds. The van der Waals surface area contributed by atoms with E-state index in [1.807, 2.05) is 42.6 Å². The maximum absolute atomic E-state index is 5.25. The number of nitrogens with zero attached hydrogens (tertiary/aromatic N) is 2. The zero-order valence-corrected chi connectivity index (χ0v) is 13.9. The third-order valence-electron chi connectivity index (χ3n) is 2.86. The molecule has 0 unspecified atom stereocenters. The van der Waals surface area contributed by atoms with Crippen molar-refractivity contribution < 1.29 is 4.74 Å². The third-order valence-corrected chi connectivity index (χ3v) is 4.72. The molecule has 2 aromatic heterocycles. The zero-order chi connectivity index (χ0) is 15.4. The summed E-state index contributed by atoms with van der Waals surface area (Å²) in [6.45, 7) is 1.98. The van der Waals surface area contributed by atoms with Crippen molar-refractivity contribution in [2.75, 3.05) is 12.4 Å². The van der Waals surface area contributed by atoms with Crippen LogP contribution in [0.25, 0.3) is 0 Å². The largest absolute Gasteiger partial charge is 0.497 e. The summed E-state index contributed by atoms with van der Waals surface area (Å²) < 4.78 is 5.25. The summed E-state index contributed by atoms with van der Waals surface area (Å²) >= 11 is 3.24. The van der Waals surface area contributed by atoms with E-state index in [1.165, 1.54) is 0 Å². The molecule has 0 saturated heterocycles. The summed E-state index contributed by atoms with van der Waals surface area (Å²) in [5, 5.41) is 6.10. The second kappa shape index (κ2) is 6.81. The monoisotopic (exact) mass is 329 g/mol. The van der Waals surface area contributed by atoms with Gasteiger partial charge in [0.1, 0.15) is 11.6 Å². The molecule has 4 nitrogen and oxygen atoms in total. The van der Waals surface area contributed by atoms with Gasteiger partial charge in [-0.3, -0.25) is 0 Å². The molecule has 1 aromatic carbocycles. The van der Waals surface area contributed by atoms with Gasteiger partial charge in [-0.2, -0.15) is 0 Å². The summed E-state index contributed by atoms with van der Waals surface area (Å²) in [7, 11) is 1.67. The van der Waals surface area contributed by atoms with Gasteiger partial charge in [-0.1, -0.05) is 17.8 Å². The lowest BCUT2D eigenvalue weighted by Gasteiger charge is -2.06. The van der Waals surface area contributed by atoms with Gasteiger partial charge in [0.2, 0.25) is 0 Å². The number of aryl methyl sites for hydroxylation is 1. The van der Waals surface area contributed by atoms with Gasteiger partial charge in [0.15, 0.2) is 5.13 Å². The van der Waals surface area contributed by atoms with E-state index in [1.54, 1.807) is 36.4 Å². The number of aromatic nitrogens is 2. The molecule has 0 aliphatic carbocycles. The molecular weight excluding hydrogens is 314 g/mol. The SMILES string of the molecule is COc1cccc(Sc2ccnc(Nc3nc(C)cs3)c2)c1. The summed E-state index contributed by atoms with van der Waals surface area (Å²) in [5.74, 6) is 1.65. The molecule has 112 valence electrons. The number of ether oxygens (including phenoxy) is 1. The number of rotatable bonds is 5. The van der Waals surface area contributed by atoms with Crippen LogP contribution in [0.5, 0.6) is 5.75 Å². The summed E-state index contributed by atoms with van der Waals surface area (Å²) in [4.78, 5) is 11.0. The Bertz CT molecular complexity index is 773. The van der Waals surface area contributed by atoms with Gasteiger partial charge in [0, 0.05) is 21.4 Å². The number of thiazole rings is 1. The van der Waals surface area contributed by atoms with Crippen LogP contribution in [0.1, 0.15) is 5.69 Å². The second-order valence-corrected chi connectivity index (χ2v) is 6.58. The van der Waals surface area contributed by atoms with Gasteiger partial charge in [-0.15, -0.1) is 11.3 Å². The van der Waals surface area contributed by atoms with E-state index in [9.17, 15) is 0 Å². The highest BCUT2D eigenvalue weighted by Crippen LogP contribution is 2.31. The quantitative estimate of drug-likeness (QED) is 0.732. The summed E-state index contributed by atoms with van der Waals surface area (Å²) in [5.41, 5.74) is 1.01. The van der Waals surface area contributed by atoms with Crippen LogP contribution in [0.15, 0.2) is 57.8 Å². The van der Waals surface area contributed by atoms with Crippen LogP contribution in [-0.4, -0.2) is 17.1 Å². The maximum atomic E-state index is 5.25. The number of anilines is 2. The van der Waals surface area contributed by atoms with E-state index in [0.717, 1.165) is 32.2 Å². The Kier molecular flexibility index (Phi) is 4.60. The van der Waals surface area contributed by atoms with Crippen LogP contribution in [-0.2, 0) is 0 Å². The van der Waals surface area contributed by atoms with E-state index >= 15 is 0 Å². The zero-order valence-electron chi connectivity index (χ0n) is 12.2. The molecule has 0 spiro atoms. The second-order valence-electron chi connectivity index (χ2n) is 4.58. The smallest absolute Gasteiger partial charge is 0.188 e. The van der Waals surface area contributed by atoms with Crippen molar-refractivity contribution in [3.8, 4) is 5.75 Å². The minimum atomic E-state index is 0.794. The molecule has 0 atom stereocenters.